The van der Waals surface area contributed by atoms with E-state index in [4.69, 9.17) is 4.42 Å². The number of carbonyl (C=O) groups excluding carboxylic acids is 1. The van der Waals surface area contributed by atoms with E-state index in [0.717, 1.165) is 23.0 Å². The molecule has 0 aliphatic heterocycles. The number of benzene rings is 1. The second-order valence-electron chi connectivity index (χ2n) is 5.90. The van der Waals surface area contributed by atoms with Crippen LogP contribution in [0.5, 0.6) is 0 Å². The average Bonchev–Trinajstić information content (AvgIpc) is 3.38. The second kappa shape index (κ2) is 6.84. The van der Waals surface area contributed by atoms with Crippen LogP contribution in [0.4, 0.5) is 0 Å². The molecule has 0 saturated heterocycles. The maximum Gasteiger partial charge on any atom is 0.200 e. The summed E-state index contributed by atoms with van der Waals surface area (Å²) in [5.74, 6) is 1.69. The number of rotatable bonds is 6. The summed E-state index contributed by atoms with van der Waals surface area (Å²) < 4.78 is 9.31. The Morgan fingerprint density at radius 1 is 1.19 bits per heavy atom. The van der Waals surface area contributed by atoms with Gasteiger partial charge in [-0.25, -0.2) is 0 Å². The summed E-state index contributed by atoms with van der Waals surface area (Å²) in [5, 5.41) is 10.0. The monoisotopic (exact) mass is 366 g/mol. The van der Waals surface area contributed by atoms with Gasteiger partial charge in [0.15, 0.2) is 22.5 Å². The highest BCUT2D eigenvalue weighted by Gasteiger charge is 2.18. The lowest BCUT2D eigenvalue weighted by Crippen LogP contribution is -2.03. The maximum absolute atomic E-state index is 12.8. The van der Waals surface area contributed by atoms with E-state index in [2.05, 4.69) is 21.7 Å². The van der Waals surface area contributed by atoms with Crippen molar-refractivity contribution in [1.82, 2.24) is 19.3 Å². The van der Waals surface area contributed by atoms with Crippen LogP contribution in [0.3, 0.4) is 0 Å². The van der Waals surface area contributed by atoms with E-state index in [9.17, 15) is 4.79 Å². The fraction of sp³-hybridized carbons (Fsp3) is 0.211. The van der Waals surface area contributed by atoms with Crippen LogP contribution in [0.15, 0.2) is 58.4 Å². The van der Waals surface area contributed by atoms with E-state index in [1.165, 1.54) is 11.8 Å². The van der Waals surface area contributed by atoms with Gasteiger partial charge in [-0.2, -0.15) is 0 Å². The van der Waals surface area contributed by atoms with Crippen molar-refractivity contribution < 1.29 is 9.21 Å². The summed E-state index contributed by atoms with van der Waals surface area (Å²) in [5.41, 5.74) is 1.84. The number of Topliss-reactive ketones (excluding diaryl/α,β-unsaturated/α-hetero) is 1. The third kappa shape index (κ3) is 2.84. The number of ketones is 1. The van der Waals surface area contributed by atoms with Crippen molar-refractivity contribution >= 4 is 28.4 Å². The molecule has 0 N–H and O–H groups in total. The van der Waals surface area contributed by atoms with E-state index >= 15 is 0 Å². The number of thioether (sulfide) groups is 1. The van der Waals surface area contributed by atoms with Crippen LogP contribution in [-0.4, -0.2) is 30.9 Å². The van der Waals surface area contributed by atoms with Gasteiger partial charge in [0.2, 0.25) is 0 Å². The van der Waals surface area contributed by atoms with Gasteiger partial charge in [0.1, 0.15) is 0 Å². The van der Waals surface area contributed by atoms with Crippen molar-refractivity contribution in [2.75, 3.05) is 5.75 Å². The lowest BCUT2D eigenvalue weighted by molar-refractivity contribution is 0.102. The third-order valence-corrected chi connectivity index (χ3v) is 5.36. The van der Waals surface area contributed by atoms with Gasteiger partial charge in [0, 0.05) is 36.3 Å². The molecule has 7 heteroatoms. The molecule has 0 aliphatic carbocycles. The molecular weight excluding hydrogens is 348 g/mol. The van der Waals surface area contributed by atoms with Crippen LogP contribution in [-0.2, 0) is 13.6 Å². The molecule has 4 rings (SSSR count). The predicted octanol–water partition coefficient (Wildman–Crippen LogP) is 4.02. The Bertz CT molecular complexity index is 1060. The van der Waals surface area contributed by atoms with E-state index in [1.54, 1.807) is 6.26 Å². The first-order chi connectivity index (χ1) is 12.7. The first-order valence-corrected chi connectivity index (χ1v) is 9.34. The van der Waals surface area contributed by atoms with Crippen LogP contribution in [0.2, 0.25) is 0 Å². The number of aryl methyl sites for hydroxylation is 1. The van der Waals surface area contributed by atoms with Crippen molar-refractivity contribution in [3.63, 3.8) is 0 Å². The first kappa shape index (κ1) is 16.7. The van der Waals surface area contributed by atoms with E-state index in [1.807, 2.05) is 54.2 Å². The number of hydrogen-bond donors (Lipinski definition) is 0. The molecule has 26 heavy (non-hydrogen) atoms. The molecule has 0 spiro atoms. The minimum Gasteiger partial charge on any atom is -0.461 e. The highest BCUT2D eigenvalue weighted by Crippen LogP contribution is 2.26. The lowest BCUT2D eigenvalue weighted by Gasteiger charge is -2.02. The molecule has 3 heterocycles. The van der Waals surface area contributed by atoms with E-state index in [0.29, 0.717) is 22.5 Å². The van der Waals surface area contributed by atoms with Crippen LogP contribution in [0.1, 0.15) is 17.3 Å². The maximum atomic E-state index is 12.8. The molecular formula is C19H18N4O2S. The van der Waals surface area contributed by atoms with Gasteiger partial charge in [-0.05, 0) is 25.1 Å². The summed E-state index contributed by atoms with van der Waals surface area (Å²) in [4.78, 5) is 12.8. The van der Waals surface area contributed by atoms with Gasteiger partial charge in [0.05, 0.1) is 12.0 Å². The summed E-state index contributed by atoms with van der Waals surface area (Å²) >= 11 is 1.38. The van der Waals surface area contributed by atoms with E-state index < -0.39 is 0 Å². The van der Waals surface area contributed by atoms with Crippen LogP contribution in [0, 0.1) is 0 Å². The van der Waals surface area contributed by atoms with Crippen LogP contribution >= 0.6 is 11.8 Å². The first-order valence-electron chi connectivity index (χ1n) is 8.36. The Morgan fingerprint density at radius 2 is 2.04 bits per heavy atom. The fourth-order valence-corrected chi connectivity index (χ4v) is 3.79. The summed E-state index contributed by atoms with van der Waals surface area (Å²) in [6, 6.07) is 11.6. The molecule has 0 amide bonds. The van der Waals surface area contributed by atoms with E-state index in [-0.39, 0.29) is 5.78 Å². The molecule has 0 radical (unpaired) electrons. The normalized spacial score (nSPS) is 11.3. The molecule has 0 fully saturated rings. The van der Waals surface area contributed by atoms with Gasteiger partial charge in [-0.15, -0.1) is 10.2 Å². The van der Waals surface area contributed by atoms with Crippen LogP contribution < -0.4 is 0 Å². The number of fused-ring (bicyclic) bond motifs is 1. The number of furan rings is 1. The number of hydrogen-bond acceptors (Lipinski definition) is 5. The van der Waals surface area contributed by atoms with Crippen molar-refractivity contribution in [2.45, 2.75) is 18.6 Å². The summed E-state index contributed by atoms with van der Waals surface area (Å²) in [6.45, 7) is 2.90. The third-order valence-electron chi connectivity index (χ3n) is 4.34. The summed E-state index contributed by atoms with van der Waals surface area (Å²) in [6.07, 6.45) is 3.54. The number of carbonyl (C=O) groups is 1. The Labute approximate surface area is 154 Å². The Hall–Kier alpha value is -2.80. The highest BCUT2D eigenvalue weighted by atomic mass is 32.2. The second-order valence-corrected chi connectivity index (χ2v) is 6.84. The Morgan fingerprint density at radius 3 is 2.81 bits per heavy atom. The largest absolute Gasteiger partial charge is 0.461 e. The Kier molecular flexibility index (Phi) is 4.38. The topological polar surface area (TPSA) is 65.8 Å². The molecule has 0 unspecified atom stereocenters. The molecule has 132 valence electrons. The molecule has 0 aliphatic rings. The van der Waals surface area contributed by atoms with Gasteiger partial charge in [-0.1, -0.05) is 30.0 Å². The fourth-order valence-electron chi connectivity index (χ4n) is 3.00. The molecule has 1 aromatic carbocycles. The van der Waals surface area contributed by atoms with Crippen molar-refractivity contribution in [3.05, 3.63) is 54.4 Å². The highest BCUT2D eigenvalue weighted by molar-refractivity contribution is 7.99. The van der Waals surface area contributed by atoms with Gasteiger partial charge in [-0.3, -0.25) is 4.79 Å². The van der Waals surface area contributed by atoms with Gasteiger partial charge in [0.25, 0.3) is 0 Å². The summed E-state index contributed by atoms with van der Waals surface area (Å²) in [7, 11) is 1.87. The molecule has 6 nitrogen and oxygen atoms in total. The molecule has 0 bridgehead atoms. The zero-order valence-electron chi connectivity index (χ0n) is 14.5. The molecule has 4 aromatic rings. The van der Waals surface area contributed by atoms with Gasteiger partial charge >= 0.3 is 0 Å². The smallest absolute Gasteiger partial charge is 0.200 e. The van der Waals surface area contributed by atoms with Crippen molar-refractivity contribution in [2.24, 2.45) is 7.05 Å². The standard InChI is InChI=1S/C19H18N4O2S/c1-3-23-11-14(13-7-4-5-8-15(13)23)16(24)12-26-19-21-20-18(22(19)2)17-9-6-10-25-17/h4-11H,3,12H2,1-2H3. The zero-order valence-corrected chi connectivity index (χ0v) is 15.4. The predicted molar refractivity (Wildman–Crippen MR) is 101 cm³/mol. The minimum absolute atomic E-state index is 0.0842. The number of para-hydroxylation sites is 1. The van der Waals surface area contributed by atoms with Crippen LogP contribution in [0.25, 0.3) is 22.5 Å². The zero-order chi connectivity index (χ0) is 18.1. The average molecular weight is 366 g/mol. The molecule has 0 saturated carbocycles. The number of aromatic nitrogens is 4. The quantitative estimate of drug-likeness (QED) is 0.381. The Balaban J connectivity index is 1.55. The molecule has 3 aromatic heterocycles. The number of nitrogens with zero attached hydrogens (tertiary/aromatic N) is 4. The minimum atomic E-state index is 0.0842. The SMILES string of the molecule is CCn1cc(C(=O)CSc2nnc(-c3ccco3)n2C)c2ccccc21. The van der Waals surface area contributed by atoms with Crippen molar-refractivity contribution in [1.29, 1.82) is 0 Å². The molecule has 0 atom stereocenters. The lowest BCUT2D eigenvalue weighted by atomic mass is 10.1. The van der Waals surface area contributed by atoms with Gasteiger partial charge < -0.3 is 13.6 Å². The van der Waals surface area contributed by atoms with Crippen molar-refractivity contribution in [3.8, 4) is 11.6 Å².